The Hall–Kier alpha value is -0.670. The molecule has 2 aliphatic rings. The van der Waals surface area contributed by atoms with Crippen molar-refractivity contribution < 1.29 is 13.2 Å². The maximum Gasteiger partial charge on any atom is 0.261 e. The van der Waals surface area contributed by atoms with E-state index < -0.39 is 10.0 Å². The first-order chi connectivity index (χ1) is 11.5. The van der Waals surface area contributed by atoms with E-state index in [0.717, 1.165) is 50.1 Å². The summed E-state index contributed by atoms with van der Waals surface area (Å²) >= 11 is 1.07. The Bertz CT molecular complexity index is 679. The zero-order valence-corrected chi connectivity index (χ0v) is 16.8. The van der Waals surface area contributed by atoms with Crippen molar-refractivity contribution in [1.82, 2.24) is 14.9 Å². The monoisotopic (exact) mass is 407 g/mol. The Labute approximate surface area is 159 Å². The Kier molecular flexibility index (Phi) is 7.28. The SMILES string of the molecule is CC1CCN(S(=O)(=O)c2ccc(C(=O)N[C@H]3CCCNC3)s2)CC1.Cl. The summed E-state index contributed by atoms with van der Waals surface area (Å²) in [6.07, 6.45) is 3.79. The highest BCUT2D eigenvalue weighted by Crippen LogP contribution is 2.28. The van der Waals surface area contributed by atoms with Crippen molar-refractivity contribution in [3.8, 4) is 0 Å². The largest absolute Gasteiger partial charge is 0.347 e. The topological polar surface area (TPSA) is 78.5 Å². The van der Waals surface area contributed by atoms with Crippen LogP contribution in [0.25, 0.3) is 0 Å². The number of amides is 1. The molecule has 2 fully saturated rings. The van der Waals surface area contributed by atoms with Gasteiger partial charge in [-0.2, -0.15) is 4.31 Å². The van der Waals surface area contributed by atoms with Gasteiger partial charge >= 0.3 is 0 Å². The first kappa shape index (κ1) is 20.6. The molecule has 9 heteroatoms. The van der Waals surface area contributed by atoms with Crippen LogP contribution in [-0.4, -0.2) is 50.9 Å². The molecule has 0 radical (unpaired) electrons. The van der Waals surface area contributed by atoms with Crippen LogP contribution in [0.15, 0.2) is 16.3 Å². The number of hydrogen-bond donors (Lipinski definition) is 2. The molecule has 0 saturated carbocycles. The predicted molar refractivity (Wildman–Crippen MR) is 102 cm³/mol. The van der Waals surface area contributed by atoms with Crippen molar-refractivity contribution in [1.29, 1.82) is 0 Å². The first-order valence-electron chi connectivity index (χ1n) is 8.58. The molecule has 0 spiro atoms. The Morgan fingerprint density at radius 2 is 2.00 bits per heavy atom. The lowest BCUT2D eigenvalue weighted by molar-refractivity contribution is 0.0935. The second kappa shape index (κ2) is 8.81. The van der Waals surface area contributed by atoms with Gasteiger partial charge in [0.1, 0.15) is 4.21 Å². The van der Waals surface area contributed by atoms with Crippen LogP contribution in [0.2, 0.25) is 0 Å². The third-order valence-electron chi connectivity index (χ3n) is 4.77. The number of hydrogen-bond acceptors (Lipinski definition) is 5. The number of carbonyl (C=O) groups is 1. The van der Waals surface area contributed by atoms with Gasteiger partial charge in [0.05, 0.1) is 4.88 Å². The van der Waals surface area contributed by atoms with E-state index in [-0.39, 0.29) is 28.6 Å². The molecule has 0 aliphatic carbocycles. The average molecular weight is 408 g/mol. The second-order valence-electron chi connectivity index (χ2n) is 6.72. The van der Waals surface area contributed by atoms with Crippen LogP contribution in [0.3, 0.4) is 0 Å². The van der Waals surface area contributed by atoms with Gasteiger partial charge in [0, 0.05) is 25.7 Å². The van der Waals surface area contributed by atoms with E-state index in [4.69, 9.17) is 0 Å². The molecule has 2 saturated heterocycles. The molecule has 1 amide bonds. The van der Waals surface area contributed by atoms with Crippen LogP contribution >= 0.6 is 23.7 Å². The Morgan fingerprint density at radius 1 is 1.28 bits per heavy atom. The zero-order valence-electron chi connectivity index (χ0n) is 14.4. The summed E-state index contributed by atoms with van der Waals surface area (Å²) < 4.78 is 27.2. The van der Waals surface area contributed by atoms with E-state index >= 15 is 0 Å². The number of thiophene rings is 1. The lowest BCUT2D eigenvalue weighted by Crippen LogP contribution is -2.45. The smallest absolute Gasteiger partial charge is 0.261 e. The summed E-state index contributed by atoms with van der Waals surface area (Å²) in [5.74, 6) is 0.396. The number of halogens is 1. The van der Waals surface area contributed by atoms with Gasteiger partial charge in [0.15, 0.2) is 0 Å². The van der Waals surface area contributed by atoms with Gasteiger partial charge in [-0.25, -0.2) is 8.42 Å². The highest BCUT2D eigenvalue weighted by Gasteiger charge is 2.30. The van der Waals surface area contributed by atoms with E-state index in [1.54, 1.807) is 16.4 Å². The maximum atomic E-state index is 12.7. The van der Waals surface area contributed by atoms with Crippen molar-refractivity contribution in [2.45, 2.75) is 42.9 Å². The van der Waals surface area contributed by atoms with Crippen molar-refractivity contribution in [3.63, 3.8) is 0 Å². The van der Waals surface area contributed by atoms with E-state index in [2.05, 4.69) is 17.6 Å². The fourth-order valence-corrected chi connectivity index (χ4v) is 6.00. The molecular weight excluding hydrogens is 382 g/mol. The minimum atomic E-state index is -3.47. The molecule has 1 atom stereocenters. The summed E-state index contributed by atoms with van der Waals surface area (Å²) in [6, 6.07) is 3.30. The fraction of sp³-hybridized carbons (Fsp3) is 0.688. The van der Waals surface area contributed by atoms with E-state index in [1.165, 1.54) is 0 Å². The molecule has 0 aromatic carbocycles. The van der Waals surface area contributed by atoms with Crippen LogP contribution in [0.1, 0.15) is 42.3 Å². The number of sulfonamides is 1. The lowest BCUT2D eigenvalue weighted by Gasteiger charge is -2.28. The molecular formula is C16H26ClN3O3S2. The number of piperidine rings is 2. The highest BCUT2D eigenvalue weighted by atomic mass is 35.5. The first-order valence-corrected chi connectivity index (χ1v) is 10.8. The van der Waals surface area contributed by atoms with Crippen LogP contribution in [0, 0.1) is 5.92 Å². The molecule has 0 unspecified atom stereocenters. The van der Waals surface area contributed by atoms with E-state index in [1.807, 2.05) is 0 Å². The second-order valence-corrected chi connectivity index (χ2v) is 9.97. The van der Waals surface area contributed by atoms with Crippen LogP contribution in [-0.2, 0) is 10.0 Å². The minimum Gasteiger partial charge on any atom is -0.347 e. The molecule has 3 heterocycles. The van der Waals surface area contributed by atoms with Gasteiger partial charge < -0.3 is 10.6 Å². The predicted octanol–water partition coefficient (Wildman–Crippen LogP) is 2.07. The molecule has 1 aromatic heterocycles. The Balaban J connectivity index is 0.00000225. The molecule has 3 rings (SSSR count). The lowest BCUT2D eigenvalue weighted by atomic mass is 10.0. The van der Waals surface area contributed by atoms with Gasteiger partial charge in [-0.3, -0.25) is 4.79 Å². The zero-order chi connectivity index (χ0) is 17.2. The molecule has 25 heavy (non-hydrogen) atoms. The van der Waals surface area contributed by atoms with Crippen molar-refractivity contribution in [3.05, 3.63) is 17.0 Å². The van der Waals surface area contributed by atoms with Crippen LogP contribution in [0.4, 0.5) is 0 Å². The van der Waals surface area contributed by atoms with Gasteiger partial charge in [0.2, 0.25) is 0 Å². The van der Waals surface area contributed by atoms with E-state index in [0.29, 0.717) is 23.9 Å². The average Bonchev–Trinajstić information content (AvgIpc) is 3.07. The number of rotatable bonds is 4. The molecule has 6 nitrogen and oxygen atoms in total. The summed E-state index contributed by atoms with van der Waals surface area (Å²) in [5.41, 5.74) is 0. The number of nitrogens with one attached hydrogen (secondary N) is 2. The van der Waals surface area contributed by atoms with Gasteiger partial charge in [-0.05, 0) is 50.3 Å². The maximum absolute atomic E-state index is 12.7. The molecule has 2 aliphatic heterocycles. The summed E-state index contributed by atoms with van der Waals surface area (Å²) in [5, 5.41) is 6.24. The standard InChI is InChI=1S/C16H25N3O3S2.ClH/c1-12-6-9-19(10-7-12)24(21,22)15-5-4-14(23-15)16(20)18-13-3-2-8-17-11-13;/h4-5,12-13,17H,2-3,6-11H2,1H3,(H,18,20);1H/t13-;/m0./s1. The molecule has 1 aromatic rings. The van der Waals surface area contributed by atoms with Crippen molar-refractivity contribution in [2.24, 2.45) is 5.92 Å². The van der Waals surface area contributed by atoms with Crippen molar-refractivity contribution in [2.75, 3.05) is 26.2 Å². The quantitative estimate of drug-likeness (QED) is 0.800. The van der Waals surface area contributed by atoms with E-state index in [9.17, 15) is 13.2 Å². The van der Waals surface area contributed by atoms with Crippen LogP contribution < -0.4 is 10.6 Å². The third-order valence-corrected chi connectivity index (χ3v) is 8.22. The highest BCUT2D eigenvalue weighted by molar-refractivity contribution is 7.91. The summed E-state index contributed by atoms with van der Waals surface area (Å²) in [4.78, 5) is 12.8. The van der Waals surface area contributed by atoms with Gasteiger partial charge in [-0.15, -0.1) is 23.7 Å². The fourth-order valence-electron chi connectivity index (χ4n) is 3.16. The summed E-state index contributed by atoms with van der Waals surface area (Å²) in [7, 11) is -3.47. The molecule has 142 valence electrons. The Morgan fingerprint density at radius 3 is 2.64 bits per heavy atom. The molecule has 2 N–H and O–H groups in total. The normalized spacial score (nSPS) is 23.0. The van der Waals surface area contributed by atoms with Crippen molar-refractivity contribution >= 4 is 39.7 Å². The van der Waals surface area contributed by atoms with Gasteiger partial charge in [0.25, 0.3) is 15.9 Å². The van der Waals surface area contributed by atoms with Gasteiger partial charge in [-0.1, -0.05) is 6.92 Å². The number of carbonyl (C=O) groups excluding carboxylic acids is 1. The van der Waals surface area contributed by atoms with Crippen LogP contribution in [0.5, 0.6) is 0 Å². The number of nitrogens with zero attached hydrogens (tertiary/aromatic N) is 1. The summed E-state index contributed by atoms with van der Waals surface area (Å²) in [6.45, 7) is 5.04. The third kappa shape index (κ3) is 4.95. The minimum absolute atomic E-state index is 0. The molecule has 0 bridgehead atoms.